The van der Waals surface area contributed by atoms with Gasteiger partial charge in [-0.2, -0.15) is 0 Å². The molecule has 1 aromatic heterocycles. The molecule has 0 aliphatic carbocycles. The molecule has 5 heteroatoms. The molecule has 110 valence electrons. The van der Waals surface area contributed by atoms with Crippen molar-refractivity contribution in [3.8, 4) is 5.75 Å². The highest BCUT2D eigenvalue weighted by molar-refractivity contribution is 9.10. The van der Waals surface area contributed by atoms with E-state index in [9.17, 15) is 0 Å². The summed E-state index contributed by atoms with van der Waals surface area (Å²) in [6.07, 6.45) is 3.53. The number of nitrogens with one attached hydrogen (secondary N) is 1. The lowest BCUT2D eigenvalue weighted by Gasteiger charge is -2.19. The van der Waals surface area contributed by atoms with Crippen molar-refractivity contribution in [1.29, 1.82) is 0 Å². The summed E-state index contributed by atoms with van der Waals surface area (Å²) in [5.41, 5.74) is 7.45. The summed E-state index contributed by atoms with van der Waals surface area (Å²) in [5, 5.41) is 0. The highest BCUT2D eigenvalue weighted by atomic mass is 79.9. The van der Waals surface area contributed by atoms with Crippen LogP contribution in [0.2, 0.25) is 0 Å². The number of nitrogens with two attached hydrogens (primary N) is 1. The summed E-state index contributed by atoms with van der Waals surface area (Å²) in [6, 6.07) is 8.26. The number of ether oxygens (including phenoxy) is 1. The number of aryl methyl sites for hydroxylation is 1. The Kier molecular flexibility index (Phi) is 4.24. The van der Waals surface area contributed by atoms with Crippen LogP contribution in [0.1, 0.15) is 28.4 Å². The zero-order valence-electron chi connectivity index (χ0n) is 11.9. The fourth-order valence-corrected chi connectivity index (χ4v) is 3.39. The number of hydrazine groups is 1. The predicted molar refractivity (Wildman–Crippen MR) is 86.1 cm³/mol. The Bertz CT molecular complexity index is 660. The normalized spacial score (nSPS) is 14.6. The molecule has 0 spiro atoms. The van der Waals surface area contributed by atoms with E-state index in [1.807, 2.05) is 13.0 Å². The third kappa shape index (κ3) is 2.95. The first kappa shape index (κ1) is 14.5. The van der Waals surface area contributed by atoms with Crippen LogP contribution in [0.5, 0.6) is 5.75 Å². The van der Waals surface area contributed by atoms with Crippen LogP contribution in [0.25, 0.3) is 0 Å². The topological polar surface area (TPSA) is 60.2 Å². The minimum Gasteiger partial charge on any atom is -0.493 e. The van der Waals surface area contributed by atoms with Gasteiger partial charge in [0.15, 0.2) is 0 Å². The Morgan fingerprint density at radius 2 is 2.33 bits per heavy atom. The lowest BCUT2D eigenvalue weighted by atomic mass is 9.96. The van der Waals surface area contributed by atoms with E-state index in [1.54, 1.807) is 6.20 Å². The number of nitrogens with zero attached hydrogens (tertiary/aromatic N) is 1. The van der Waals surface area contributed by atoms with Gasteiger partial charge >= 0.3 is 0 Å². The highest BCUT2D eigenvalue weighted by Gasteiger charge is 2.21. The summed E-state index contributed by atoms with van der Waals surface area (Å²) in [6.45, 7) is 2.76. The van der Waals surface area contributed by atoms with Gasteiger partial charge in [0, 0.05) is 22.8 Å². The monoisotopic (exact) mass is 347 g/mol. The molecule has 1 atom stereocenters. The van der Waals surface area contributed by atoms with Crippen LogP contribution in [-0.2, 0) is 12.8 Å². The quantitative estimate of drug-likeness (QED) is 0.659. The Hall–Kier alpha value is -1.43. The van der Waals surface area contributed by atoms with Gasteiger partial charge in [-0.3, -0.25) is 16.3 Å². The van der Waals surface area contributed by atoms with Gasteiger partial charge in [-0.15, -0.1) is 0 Å². The second-order valence-electron chi connectivity index (χ2n) is 5.25. The molecular weight excluding hydrogens is 330 g/mol. The smallest absolute Gasteiger partial charge is 0.125 e. The summed E-state index contributed by atoms with van der Waals surface area (Å²) < 4.78 is 6.87. The summed E-state index contributed by atoms with van der Waals surface area (Å²) in [5.74, 6) is 6.79. The molecular formula is C16H18BrN3O. The average Bonchev–Trinajstić information content (AvgIpc) is 2.93. The van der Waals surface area contributed by atoms with Gasteiger partial charge in [0.25, 0.3) is 0 Å². The van der Waals surface area contributed by atoms with Crippen molar-refractivity contribution in [1.82, 2.24) is 10.4 Å². The molecule has 0 saturated heterocycles. The van der Waals surface area contributed by atoms with Crippen LogP contribution in [0, 0.1) is 6.92 Å². The molecule has 0 radical (unpaired) electrons. The number of pyridine rings is 1. The van der Waals surface area contributed by atoms with Gasteiger partial charge in [0.1, 0.15) is 5.75 Å². The Labute approximate surface area is 132 Å². The van der Waals surface area contributed by atoms with Crippen molar-refractivity contribution in [2.75, 3.05) is 6.61 Å². The van der Waals surface area contributed by atoms with Crippen molar-refractivity contribution in [2.45, 2.75) is 25.8 Å². The molecule has 3 N–H and O–H groups in total. The molecule has 0 fully saturated rings. The molecule has 0 bridgehead atoms. The maximum atomic E-state index is 5.79. The van der Waals surface area contributed by atoms with Crippen molar-refractivity contribution >= 4 is 15.9 Å². The van der Waals surface area contributed by atoms with E-state index in [-0.39, 0.29) is 6.04 Å². The van der Waals surface area contributed by atoms with Crippen LogP contribution in [0.3, 0.4) is 0 Å². The molecule has 0 amide bonds. The van der Waals surface area contributed by atoms with Crippen LogP contribution in [0.15, 0.2) is 34.9 Å². The second-order valence-corrected chi connectivity index (χ2v) is 6.17. The zero-order valence-corrected chi connectivity index (χ0v) is 13.5. The number of hydrogen-bond acceptors (Lipinski definition) is 4. The third-order valence-corrected chi connectivity index (χ3v) is 4.33. The maximum absolute atomic E-state index is 5.79. The van der Waals surface area contributed by atoms with Gasteiger partial charge in [0.2, 0.25) is 0 Å². The van der Waals surface area contributed by atoms with Gasteiger partial charge in [-0.25, -0.2) is 0 Å². The lowest BCUT2D eigenvalue weighted by Crippen LogP contribution is -2.30. The van der Waals surface area contributed by atoms with Crippen LogP contribution >= 0.6 is 15.9 Å². The van der Waals surface area contributed by atoms with E-state index in [2.05, 4.69) is 44.5 Å². The predicted octanol–water partition coefficient (Wildman–Crippen LogP) is 2.83. The van der Waals surface area contributed by atoms with E-state index >= 15 is 0 Å². The van der Waals surface area contributed by atoms with E-state index in [0.29, 0.717) is 0 Å². The molecule has 4 nitrogen and oxygen atoms in total. The van der Waals surface area contributed by atoms with Gasteiger partial charge in [-0.05, 0) is 48.2 Å². The minimum absolute atomic E-state index is 0.0151. The first-order valence-electron chi connectivity index (χ1n) is 7.01. The maximum Gasteiger partial charge on any atom is 0.125 e. The van der Waals surface area contributed by atoms with Crippen molar-refractivity contribution in [3.05, 3.63) is 57.3 Å². The SMILES string of the molecule is Cc1ncccc1C(Cc1cc(Br)cc2c1OCC2)NN. The Morgan fingerprint density at radius 1 is 1.48 bits per heavy atom. The first-order valence-corrected chi connectivity index (χ1v) is 7.80. The average molecular weight is 348 g/mol. The molecule has 1 aliphatic rings. The molecule has 0 saturated carbocycles. The van der Waals surface area contributed by atoms with Gasteiger partial charge in [0.05, 0.1) is 12.6 Å². The fourth-order valence-electron chi connectivity index (χ4n) is 2.84. The molecule has 21 heavy (non-hydrogen) atoms. The van der Waals surface area contributed by atoms with Gasteiger partial charge < -0.3 is 4.74 Å². The third-order valence-electron chi connectivity index (χ3n) is 3.87. The van der Waals surface area contributed by atoms with Crippen LogP contribution in [-0.4, -0.2) is 11.6 Å². The molecule has 1 unspecified atom stereocenters. The molecule has 3 rings (SSSR count). The van der Waals surface area contributed by atoms with Crippen molar-refractivity contribution in [2.24, 2.45) is 5.84 Å². The fraction of sp³-hybridized carbons (Fsp3) is 0.312. The number of fused-ring (bicyclic) bond motifs is 1. The van der Waals surface area contributed by atoms with E-state index in [4.69, 9.17) is 10.6 Å². The first-order chi connectivity index (χ1) is 10.2. The van der Waals surface area contributed by atoms with E-state index in [1.165, 1.54) is 11.1 Å². The Balaban J connectivity index is 1.94. The van der Waals surface area contributed by atoms with Crippen molar-refractivity contribution in [3.63, 3.8) is 0 Å². The number of rotatable bonds is 4. The summed E-state index contributed by atoms with van der Waals surface area (Å²) in [4.78, 5) is 4.34. The largest absolute Gasteiger partial charge is 0.493 e. The van der Waals surface area contributed by atoms with E-state index < -0.39 is 0 Å². The molecule has 2 heterocycles. The number of hydrogen-bond donors (Lipinski definition) is 2. The lowest BCUT2D eigenvalue weighted by molar-refractivity contribution is 0.351. The molecule has 2 aromatic rings. The zero-order chi connectivity index (χ0) is 14.8. The molecule has 1 aromatic carbocycles. The highest BCUT2D eigenvalue weighted by Crippen LogP contribution is 2.35. The van der Waals surface area contributed by atoms with Crippen molar-refractivity contribution < 1.29 is 4.74 Å². The van der Waals surface area contributed by atoms with Crippen LogP contribution < -0.4 is 16.0 Å². The standard InChI is InChI=1S/C16H18BrN3O/c1-10-14(3-2-5-19-10)15(20-18)9-12-8-13(17)7-11-4-6-21-16(11)12/h2-3,5,7-8,15,20H,4,6,9,18H2,1H3. The summed E-state index contributed by atoms with van der Waals surface area (Å²) >= 11 is 3.58. The van der Waals surface area contributed by atoms with Gasteiger partial charge in [-0.1, -0.05) is 22.0 Å². The Morgan fingerprint density at radius 3 is 3.10 bits per heavy atom. The number of benzene rings is 1. The van der Waals surface area contributed by atoms with E-state index in [0.717, 1.165) is 40.9 Å². The minimum atomic E-state index is 0.0151. The number of halogens is 1. The summed E-state index contributed by atoms with van der Waals surface area (Å²) in [7, 11) is 0. The van der Waals surface area contributed by atoms with Crippen LogP contribution in [0.4, 0.5) is 0 Å². The molecule has 1 aliphatic heterocycles. The second kappa shape index (κ2) is 6.13. The number of aromatic nitrogens is 1.